The van der Waals surface area contributed by atoms with Crippen molar-refractivity contribution in [3.05, 3.63) is 45.6 Å². The molecule has 0 saturated heterocycles. The molecule has 0 aliphatic carbocycles. The summed E-state index contributed by atoms with van der Waals surface area (Å²) in [6.45, 7) is 1.66. The fraction of sp³-hybridized carbons (Fsp3) is 0.250. The van der Waals surface area contributed by atoms with Gasteiger partial charge in [0.05, 0.1) is 10.5 Å². The molecule has 0 aliphatic rings. The highest BCUT2D eigenvalue weighted by Crippen LogP contribution is 2.23. The number of aryl methyl sites for hydroxylation is 1. The maximum atomic E-state index is 10.7. The average molecular weight is 231 g/mol. The Morgan fingerprint density at radius 1 is 1.53 bits per heavy atom. The van der Waals surface area contributed by atoms with Crippen molar-refractivity contribution in [2.45, 2.75) is 6.92 Å². The van der Waals surface area contributed by atoms with Crippen LogP contribution >= 0.6 is 0 Å². The minimum absolute atomic E-state index is 0.0656. The zero-order valence-corrected chi connectivity index (χ0v) is 9.97. The molecular formula is C12H13N3O2. The number of allylic oxidation sites excluding steroid dienone is 1. The molecule has 0 fully saturated rings. The Morgan fingerprint density at radius 2 is 2.18 bits per heavy atom. The van der Waals surface area contributed by atoms with Gasteiger partial charge in [0, 0.05) is 31.9 Å². The van der Waals surface area contributed by atoms with E-state index in [2.05, 4.69) is 6.07 Å². The molecule has 5 nitrogen and oxygen atoms in total. The smallest absolute Gasteiger partial charge is 0.272 e. The summed E-state index contributed by atoms with van der Waals surface area (Å²) in [4.78, 5) is 12.0. The summed E-state index contributed by atoms with van der Waals surface area (Å²) in [7, 11) is 3.63. The minimum Gasteiger partial charge on any atom is -0.382 e. The largest absolute Gasteiger partial charge is 0.382 e. The van der Waals surface area contributed by atoms with Crippen molar-refractivity contribution in [2.75, 3.05) is 14.1 Å². The lowest BCUT2D eigenvalue weighted by atomic mass is 10.0. The first-order valence-corrected chi connectivity index (χ1v) is 4.99. The van der Waals surface area contributed by atoms with Gasteiger partial charge in [-0.2, -0.15) is 5.26 Å². The molecule has 0 saturated carbocycles. The summed E-state index contributed by atoms with van der Waals surface area (Å²) in [5.74, 6) is 0. The molecule has 5 heteroatoms. The summed E-state index contributed by atoms with van der Waals surface area (Å²) in [5.41, 5.74) is 1.78. The molecule has 0 N–H and O–H groups in total. The van der Waals surface area contributed by atoms with Gasteiger partial charge in [-0.1, -0.05) is 0 Å². The summed E-state index contributed by atoms with van der Waals surface area (Å²) < 4.78 is 0. The molecule has 0 heterocycles. The Kier molecular flexibility index (Phi) is 3.83. The molecule has 0 spiro atoms. The molecule has 0 radical (unpaired) electrons. The average Bonchev–Trinajstić information content (AvgIpc) is 2.24. The zero-order valence-electron chi connectivity index (χ0n) is 9.97. The lowest BCUT2D eigenvalue weighted by Crippen LogP contribution is -2.02. The second-order valence-electron chi connectivity index (χ2n) is 3.88. The Morgan fingerprint density at radius 3 is 2.59 bits per heavy atom. The number of benzene rings is 1. The SMILES string of the molecule is Cc1cc(/C(C#N)=C\N(C)C)ccc1[N+](=O)[O-]. The van der Waals surface area contributed by atoms with Gasteiger partial charge in [-0.25, -0.2) is 0 Å². The molecule has 17 heavy (non-hydrogen) atoms. The van der Waals surface area contributed by atoms with Crippen molar-refractivity contribution in [2.24, 2.45) is 0 Å². The number of hydrogen-bond acceptors (Lipinski definition) is 4. The van der Waals surface area contributed by atoms with Crippen molar-refractivity contribution < 1.29 is 4.92 Å². The van der Waals surface area contributed by atoms with E-state index < -0.39 is 4.92 Å². The Balaban J connectivity index is 3.22. The van der Waals surface area contributed by atoms with Gasteiger partial charge in [-0.15, -0.1) is 0 Å². The standard InChI is InChI=1S/C12H13N3O2/c1-9-6-10(4-5-12(9)15(16)17)11(7-13)8-14(2)3/h4-6,8H,1-3H3/b11-8-. The molecular weight excluding hydrogens is 218 g/mol. The lowest BCUT2D eigenvalue weighted by Gasteiger charge is -2.07. The Hall–Kier alpha value is -2.35. The number of hydrogen-bond donors (Lipinski definition) is 0. The summed E-state index contributed by atoms with van der Waals surface area (Å²) in [5, 5.41) is 19.7. The summed E-state index contributed by atoms with van der Waals surface area (Å²) >= 11 is 0. The van der Waals surface area contributed by atoms with Crippen LogP contribution in [0.3, 0.4) is 0 Å². The van der Waals surface area contributed by atoms with Crippen LogP contribution in [0, 0.1) is 28.4 Å². The molecule has 88 valence electrons. The first kappa shape index (κ1) is 12.7. The van der Waals surface area contributed by atoms with Crippen LogP contribution in [0.25, 0.3) is 5.57 Å². The van der Waals surface area contributed by atoms with Crippen LogP contribution in [0.4, 0.5) is 5.69 Å². The fourth-order valence-corrected chi connectivity index (χ4v) is 1.45. The third-order valence-corrected chi connectivity index (χ3v) is 2.21. The van der Waals surface area contributed by atoms with Crippen molar-refractivity contribution in [1.29, 1.82) is 5.26 Å². The zero-order chi connectivity index (χ0) is 13.0. The molecule has 0 bridgehead atoms. The second-order valence-corrected chi connectivity index (χ2v) is 3.88. The van der Waals surface area contributed by atoms with E-state index >= 15 is 0 Å². The summed E-state index contributed by atoms with van der Waals surface area (Å²) in [6.07, 6.45) is 1.68. The van der Waals surface area contributed by atoms with Gasteiger partial charge in [0.1, 0.15) is 6.07 Å². The van der Waals surface area contributed by atoms with Crippen LogP contribution in [0.2, 0.25) is 0 Å². The van der Waals surface area contributed by atoms with Crippen molar-refractivity contribution >= 4 is 11.3 Å². The Labute approximate surface area is 99.7 Å². The van der Waals surface area contributed by atoms with E-state index in [1.165, 1.54) is 6.07 Å². The van der Waals surface area contributed by atoms with Gasteiger partial charge < -0.3 is 4.90 Å². The molecule has 1 aromatic carbocycles. The predicted molar refractivity (Wildman–Crippen MR) is 65.1 cm³/mol. The quantitative estimate of drug-likeness (QED) is 0.454. The molecule has 1 aromatic rings. The highest BCUT2D eigenvalue weighted by Gasteiger charge is 2.11. The highest BCUT2D eigenvalue weighted by molar-refractivity contribution is 5.77. The van der Waals surface area contributed by atoms with E-state index in [0.717, 1.165) is 0 Å². The van der Waals surface area contributed by atoms with E-state index in [9.17, 15) is 10.1 Å². The molecule has 0 atom stereocenters. The van der Waals surface area contributed by atoms with E-state index in [1.54, 1.807) is 30.2 Å². The molecule has 0 amide bonds. The van der Waals surface area contributed by atoms with Gasteiger partial charge in [-0.3, -0.25) is 10.1 Å². The third kappa shape index (κ3) is 3.05. The lowest BCUT2D eigenvalue weighted by molar-refractivity contribution is -0.385. The number of nitro benzene ring substituents is 1. The molecule has 0 unspecified atom stereocenters. The van der Waals surface area contributed by atoms with Gasteiger partial charge in [0.15, 0.2) is 0 Å². The van der Waals surface area contributed by atoms with Gasteiger partial charge >= 0.3 is 0 Å². The minimum atomic E-state index is -0.430. The summed E-state index contributed by atoms with van der Waals surface area (Å²) in [6, 6.07) is 6.73. The van der Waals surface area contributed by atoms with Gasteiger partial charge in [0.2, 0.25) is 0 Å². The topological polar surface area (TPSA) is 70.2 Å². The first-order chi connectivity index (χ1) is 7.95. The first-order valence-electron chi connectivity index (χ1n) is 4.99. The van der Waals surface area contributed by atoms with E-state index in [4.69, 9.17) is 5.26 Å². The molecule has 0 aromatic heterocycles. The van der Waals surface area contributed by atoms with Crippen LogP contribution < -0.4 is 0 Å². The fourth-order valence-electron chi connectivity index (χ4n) is 1.45. The highest BCUT2D eigenvalue weighted by atomic mass is 16.6. The van der Waals surface area contributed by atoms with E-state index in [1.807, 2.05) is 14.1 Å². The van der Waals surface area contributed by atoms with Crippen LogP contribution in [0.15, 0.2) is 24.4 Å². The van der Waals surface area contributed by atoms with Crippen LogP contribution in [0.1, 0.15) is 11.1 Å². The predicted octanol–water partition coefficient (Wildman–Crippen LogP) is 2.33. The third-order valence-electron chi connectivity index (χ3n) is 2.21. The number of nitro groups is 1. The molecule has 1 rings (SSSR count). The van der Waals surface area contributed by atoms with Crippen molar-refractivity contribution in [3.8, 4) is 6.07 Å². The maximum absolute atomic E-state index is 10.7. The van der Waals surface area contributed by atoms with Gasteiger partial charge in [0.25, 0.3) is 5.69 Å². The van der Waals surface area contributed by atoms with Crippen LogP contribution in [-0.4, -0.2) is 23.9 Å². The van der Waals surface area contributed by atoms with E-state index in [0.29, 0.717) is 16.7 Å². The Bertz CT molecular complexity index is 513. The molecule has 0 aliphatic heterocycles. The van der Waals surface area contributed by atoms with E-state index in [-0.39, 0.29) is 5.69 Å². The number of nitriles is 1. The van der Waals surface area contributed by atoms with Crippen molar-refractivity contribution in [3.63, 3.8) is 0 Å². The second kappa shape index (κ2) is 5.12. The number of rotatable bonds is 3. The monoisotopic (exact) mass is 231 g/mol. The van der Waals surface area contributed by atoms with Crippen LogP contribution in [0.5, 0.6) is 0 Å². The van der Waals surface area contributed by atoms with Crippen molar-refractivity contribution in [1.82, 2.24) is 4.90 Å². The normalized spacial score (nSPS) is 10.8. The van der Waals surface area contributed by atoms with Crippen LogP contribution in [-0.2, 0) is 0 Å². The number of nitrogens with zero attached hydrogens (tertiary/aromatic N) is 3. The maximum Gasteiger partial charge on any atom is 0.272 e. The van der Waals surface area contributed by atoms with Gasteiger partial charge in [-0.05, 0) is 24.6 Å².